The van der Waals surface area contributed by atoms with Gasteiger partial charge in [-0.3, -0.25) is 9.88 Å². The minimum Gasteiger partial charge on any atom is -0.493 e. The Hall–Kier alpha value is -5.41. The molecule has 5 aromatic rings. The van der Waals surface area contributed by atoms with Gasteiger partial charge in [0.1, 0.15) is 0 Å². The van der Waals surface area contributed by atoms with Crippen molar-refractivity contribution < 1.29 is 28.4 Å². The lowest BCUT2D eigenvalue weighted by molar-refractivity contribution is 0.201. The highest BCUT2D eigenvalue weighted by Gasteiger charge is 2.26. The smallest absolute Gasteiger partial charge is 0.203 e. The Morgan fingerprint density at radius 2 is 1.19 bits per heavy atom. The number of aromatic nitrogens is 1. The summed E-state index contributed by atoms with van der Waals surface area (Å²) in [6, 6.07) is 30.2. The zero-order valence-corrected chi connectivity index (χ0v) is 31.3. The first kappa shape index (κ1) is 36.4. The highest BCUT2D eigenvalue weighted by atomic mass is 16.5. The van der Waals surface area contributed by atoms with Crippen molar-refractivity contribution in [2.24, 2.45) is 0 Å². The molecule has 0 aliphatic carbocycles. The second-order valence-electron chi connectivity index (χ2n) is 13.0. The molecule has 2 heterocycles. The second kappa shape index (κ2) is 16.7. The van der Waals surface area contributed by atoms with Crippen LogP contribution in [-0.4, -0.2) is 71.7 Å². The first-order valence-corrected chi connectivity index (χ1v) is 17.6. The molecular formula is C43H49N3O6. The number of rotatable bonds is 14. The first-order valence-electron chi connectivity index (χ1n) is 17.6. The van der Waals surface area contributed by atoms with Gasteiger partial charge in [-0.2, -0.15) is 0 Å². The van der Waals surface area contributed by atoms with E-state index >= 15 is 0 Å². The Bertz CT molecular complexity index is 1910. The molecule has 1 aliphatic heterocycles. The molecule has 9 heteroatoms. The standard InChI is InChI=1S/C43H49N3O6/c1-29-11-13-35(14-12-29)46(28-31-15-18-44-37(22-31)34-25-40(49-4)43(52-7)41(26-34)50-5)36-16-19-45(20-17-36)27-30-9-8-10-32(21-30)33-23-38(47-2)42(51-6)39(24-33)48-3/h8-15,18,21-26,36H,16-17,19-20,27-28H2,1-7H3. The topological polar surface area (TPSA) is 74.8 Å². The summed E-state index contributed by atoms with van der Waals surface area (Å²) in [5.74, 6) is 3.65. The van der Waals surface area contributed by atoms with E-state index in [1.807, 2.05) is 30.5 Å². The second-order valence-corrected chi connectivity index (χ2v) is 13.0. The maximum atomic E-state index is 5.62. The summed E-state index contributed by atoms with van der Waals surface area (Å²) in [6.45, 7) is 5.81. The minimum absolute atomic E-state index is 0.391. The van der Waals surface area contributed by atoms with Gasteiger partial charge in [-0.15, -0.1) is 0 Å². The summed E-state index contributed by atoms with van der Waals surface area (Å²) in [7, 11) is 9.79. The lowest BCUT2D eigenvalue weighted by Crippen LogP contribution is -2.44. The normalized spacial score (nSPS) is 13.4. The van der Waals surface area contributed by atoms with Crippen LogP contribution in [-0.2, 0) is 13.1 Å². The third kappa shape index (κ3) is 8.05. The summed E-state index contributed by atoms with van der Waals surface area (Å²) in [4.78, 5) is 9.85. The van der Waals surface area contributed by atoms with Crippen LogP contribution in [0, 0.1) is 6.92 Å². The van der Waals surface area contributed by atoms with Crippen LogP contribution >= 0.6 is 0 Å². The van der Waals surface area contributed by atoms with E-state index in [0.717, 1.165) is 61.4 Å². The largest absolute Gasteiger partial charge is 0.493 e. The molecule has 0 amide bonds. The number of ether oxygens (including phenoxy) is 6. The van der Waals surface area contributed by atoms with Crippen molar-refractivity contribution >= 4 is 5.69 Å². The third-order valence-corrected chi connectivity index (χ3v) is 9.83. The molecule has 0 spiro atoms. The van der Waals surface area contributed by atoms with Crippen LogP contribution in [0.1, 0.15) is 29.5 Å². The Labute approximate surface area is 307 Å². The van der Waals surface area contributed by atoms with Crippen LogP contribution in [0.3, 0.4) is 0 Å². The van der Waals surface area contributed by atoms with E-state index in [4.69, 9.17) is 33.4 Å². The van der Waals surface area contributed by atoms with Crippen LogP contribution in [0.4, 0.5) is 5.69 Å². The average Bonchev–Trinajstić information content (AvgIpc) is 3.19. The fourth-order valence-electron chi connectivity index (χ4n) is 7.07. The number of methoxy groups -OCH3 is 6. The van der Waals surface area contributed by atoms with E-state index in [1.54, 1.807) is 42.7 Å². The summed E-state index contributed by atoms with van der Waals surface area (Å²) in [5, 5.41) is 0. The Morgan fingerprint density at radius 1 is 0.615 bits per heavy atom. The molecule has 0 unspecified atom stereocenters. The van der Waals surface area contributed by atoms with Crippen LogP contribution in [0.2, 0.25) is 0 Å². The van der Waals surface area contributed by atoms with Gasteiger partial charge in [0, 0.05) is 49.7 Å². The Balaban J connectivity index is 1.19. The van der Waals surface area contributed by atoms with Gasteiger partial charge in [0.2, 0.25) is 11.5 Å². The van der Waals surface area contributed by atoms with Gasteiger partial charge in [-0.1, -0.05) is 35.9 Å². The lowest BCUT2D eigenvalue weighted by Gasteiger charge is -2.40. The van der Waals surface area contributed by atoms with Crippen molar-refractivity contribution in [3.8, 4) is 56.9 Å². The average molecular weight is 704 g/mol. The number of benzene rings is 4. The predicted molar refractivity (Wildman–Crippen MR) is 207 cm³/mol. The molecule has 0 saturated carbocycles. The van der Waals surface area contributed by atoms with Crippen molar-refractivity contribution in [3.63, 3.8) is 0 Å². The molecule has 272 valence electrons. The molecule has 0 N–H and O–H groups in total. The maximum absolute atomic E-state index is 5.62. The van der Waals surface area contributed by atoms with Gasteiger partial charge < -0.3 is 33.3 Å². The van der Waals surface area contributed by atoms with Crippen molar-refractivity contribution in [2.45, 2.75) is 38.9 Å². The van der Waals surface area contributed by atoms with Gasteiger partial charge in [0.15, 0.2) is 23.0 Å². The zero-order valence-electron chi connectivity index (χ0n) is 31.3. The van der Waals surface area contributed by atoms with Gasteiger partial charge in [-0.25, -0.2) is 0 Å². The SMILES string of the molecule is COc1cc(-c2cccc(CN3CCC(N(Cc4ccnc(-c5cc(OC)c(OC)c(OC)c5)c4)c4ccc(C)cc4)CC3)c2)cc(OC)c1OC. The fourth-order valence-corrected chi connectivity index (χ4v) is 7.07. The van der Waals surface area contributed by atoms with Gasteiger partial charge in [-0.05, 0) is 96.6 Å². The molecule has 1 fully saturated rings. The van der Waals surface area contributed by atoms with Crippen LogP contribution in [0.25, 0.3) is 22.4 Å². The molecule has 0 radical (unpaired) electrons. The third-order valence-electron chi connectivity index (χ3n) is 9.83. The van der Waals surface area contributed by atoms with E-state index in [2.05, 4.69) is 77.4 Å². The van der Waals surface area contributed by atoms with E-state index in [-0.39, 0.29) is 0 Å². The molecule has 6 rings (SSSR count). The number of piperidine rings is 1. The number of hydrogen-bond donors (Lipinski definition) is 0. The number of aryl methyl sites for hydroxylation is 1. The summed E-state index contributed by atoms with van der Waals surface area (Å²) >= 11 is 0. The number of pyridine rings is 1. The van der Waals surface area contributed by atoms with E-state index in [0.29, 0.717) is 40.5 Å². The molecule has 0 bridgehead atoms. The van der Waals surface area contributed by atoms with Gasteiger partial charge in [0.25, 0.3) is 0 Å². The van der Waals surface area contributed by atoms with Gasteiger partial charge in [0.05, 0.1) is 48.4 Å². The molecule has 1 saturated heterocycles. The van der Waals surface area contributed by atoms with Crippen LogP contribution < -0.4 is 33.3 Å². The van der Waals surface area contributed by atoms with Crippen molar-refractivity contribution in [3.05, 3.63) is 108 Å². The van der Waals surface area contributed by atoms with Gasteiger partial charge >= 0.3 is 0 Å². The highest BCUT2D eigenvalue weighted by molar-refractivity contribution is 5.72. The number of anilines is 1. The summed E-state index contributed by atoms with van der Waals surface area (Å²) in [6.07, 6.45) is 4.01. The minimum atomic E-state index is 0.391. The molecule has 1 aliphatic rings. The highest BCUT2D eigenvalue weighted by Crippen LogP contribution is 2.42. The van der Waals surface area contributed by atoms with E-state index < -0.39 is 0 Å². The molecule has 9 nitrogen and oxygen atoms in total. The Morgan fingerprint density at radius 3 is 1.75 bits per heavy atom. The summed E-state index contributed by atoms with van der Waals surface area (Å²) in [5.41, 5.74) is 8.83. The quantitative estimate of drug-likeness (QED) is 0.113. The number of likely N-dealkylation sites (tertiary alicyclic amines) is 1. The van der Waals surface area contributed by atoms with Crippen molar-refractivity contribution in [1.29, 1.82) is 0 Å². The zero-order chi connectivity index (χ0) is 36.6. The monoisotopic (exact) mass is 703 g/mol. The number of hydrogen-bond acceptors (Lipinski definition) is 9. The first-order chi connectivity index (χ1) is 25.4. The molecule has 0 atom stereocenters. The predicted octanol–water partition coefficient (Wildman–Crippen LogP) is 8.45. The molecule has 4 aromatic carbocycles. The van der Waals surface area contributed by atoms with E-state index in [9.17, 15) is 0 Å². The maximum Gasteiger partial charge on any atom is 0.203 e. The Kier molecular flexibility index (Phi) is 11.7. The summed E-state index contributed by atoms with van der Waals surface area (Å²) < 4.78 is 33.6. The number of nitrogens with zero attached hydrogens (tertiary/aromatic N) is 3. The molecule has 1 aromatic heterocycles. The van der Waals surface area contributed by atoms with Crippen molar-refractivity contribution in [2.75, 3.05) is 60.6 Å². The van der Waals surface area contributed by atoms with Crippen LogP contribution in [0.15, 0.2) is 91.1 Å². The lowest BCUT2D eigenvalue weighted by atomic mass is 9.99. The van der Waals surface area contributed by atoms with Crippen molar-refractivity contribution in [1.82, 2.24) is 9.88 Å². The van der Waals surface area contributed by atoms with Crippen LogP contribution in [0.5, 0.6) is 34.5 Å². The van der Waals surface area contributed by atoms with E-state index in [1.165, 1.54) is 22.4 Å². The molecule has 52 heavy (non-hydrogen) atoms. The molecular weight excluding hydrogens is 654 g/mol. The fraction of sp³-hybridized carbons (Fsp3) is 0.326.